The third-order valence-corrected chi connectivity index (χ3v) is 4.61. The van der Waals surface area contributed by atoms with Crippen LogP contribution in [0.25, 0.3) is 10.1 Å². The van der Waals surface area contributed by atoms with Gasteiger partial charge in [0.1, 0.15) is 5.82 Å². The average Bonchev–Trinajstić information content (AvgIpc) is 2.74. The molecule has 1 atom stereocenters. The average molecular weight is 295 g/mol. The zero-order valence-corrected chi connectivity index (χ0v) is 12.4. The molecule has 5 heteroatoms. The minimum atomic E-state index is -0.290. The summed E-state index contributed by atoms with van der Waals surface area (Å²) in [6, 6.07) is 4.57. The number of aliphatic hydroxyl groups is 1. The fraction of sp³-hybridized carbons (Fsp3) is 0.400. The predicted molar refractivity (Wildman–Crippen MR) is 79.7 cm³/mol. The van der Waals surface area contributed by atoms with Gasteiger partial charge in [-0.25, -0.2) is 4.39 Å². The van der Waals surface area contributed by atoms with Crippen molar-refractivity contribution in [3.05, 3.63) is 34.5 Å². The third-order valence-electron chi connectivity index (χ3n) is 3.34. The van der Waals surface area contributed by atoms with Crippen LogP contribution in [-0.4, -0.2) is 24.2 Å². The fourth-order valence-corrected chi connectivity index (χ4v) is 3.19. The Labute approximate surface area is 121 Å². The van der Waals surface area contributed by atoms with E-state index in [9.17, 15) is 9.18 Å². The zero-order valence-electron chi connectivity index (χ0n) is 11.6. The number of amides is 1. The lowest BCUT2D eigenvalue weighted by atomic mass is 10.1. The van der Waals surface area contributed by atoms with Gasteiger partial charge in [0.05, 0.1) is 4.88 Å². The Morgan fingerprint density at radius 2 is 2.25 bits per heavy atom. The largest absolute Gasteiger partial charge is 0.396 e. The zero-order chi connectivity index (χ0) is 14.7. The lowest BCUT2D eigenvalue weighted by Crippen LogP contribution is -2.28. The molecule has 1 aromatic carbocycles. The number of carbonyl (C=O) groups excluding carboxylic acids is 1. The van der Waals surface area contributed by atoms with Crippen molar-refractivity contribution in [2.45, 2.75) is 20.3 Å². The third kappa shape index (κ3) is 3.16. The Kier molecular flexibility index (Phi) is 4.73. The number of nitrogens with one attached hydrogen (secondary N) is 1. The number of thiophene rings is 1. The summed E-state index contributed by atoms with van der Waals surface area (Å²) < 4.78 is 14.2. The van der Waals surface area contributed by atoms with Crippen LogP contribution in [0.2, 0.25) is 0 Å². The molecule has 108 valence electrons. The maximum atomic E-state index is 13.2. The monoisotopic (exact) mass is 295 g/mol. The van der Waals surface area contributed by atoms with E-state index >= 15 is 0 Å². The first-order valence-corrected chi connectivity index (χ1v) is 7.42. The van der Waals surface area contributed by atoms with E-state index in [0.717, 1.165) is 15.6 Å². The van der Waals surface area contributed by atoms with E-state index in [1.165, 1.54) is 23.5 Å². The highest BCUT2D eigenvalue weighted by Gasteiger charge is 2.16. The molecule has 3 nitrogen and oxygen atoms in total. The topological polar surface area (TPSA) is 49.3 Å². The number of hydrogen-bond acceptors (Lipinski definition) is 3. The van der Waals surface area contributed by atoms with Crippen molar-refractivity contribution in [1.82, 2.24) is 5.32 Å². The van der Waals surface area contributed by atoms with Gasteiger partial charge in [0.15, 0.2) is 0 Å². The van der Waals surface area contributed by atoms with Gasteiger partial charge in [-0.05, 0) is 48.4 Å². The van der Waals surface area contributed by atoms with Crippen molar-refractivity contribution in [2.24, 2.45) is 5.92 Å². The summed E-state index contributed by atoms with van der Waals surface area (Å²) in [5, 5.41) is 12.5. The van der Waals surface area contributed by atoms with Crippen LogP contribution in [0.4, 0.5) is 4.39 Å². The molecule has 0 saturated carbocycles. The van der Waals surface area contributed by atoms with Crippen molar-refractivity contribution >= 4 is 27.3 Å². The molecule has 0 saturated heterocycles. The van der Waals surface area contributed by atoms with Gasteiger partial charge in [0.25, 0.3) is 5.91 Å². The molecule has 2 rings (SSSR count). The number of aryl methyl sites for hydroxylation is 1. The van der Waals surface area contributed by atoms with Crippen LogP contribution in [0.1, 0.15) is 28.6 Å². The van der Waals surface area contributed by atoms with Crippen molar-refractivity contribution in [2.75, 3.05) is 13.2 Å². The molecule has 0 aliphatic heterocycles. The molecule has 0 fully saturated rings. The van der Waals surface area contributed by atoms with Crippen LogP contribution in [0.3, 0.4) is 0 Å². The van der Waals surface area contributed by atoms with Crippen LogP contribution >= 0.6 is 11.3 Å². The molecule has 20 heavy (non-hydrogen) atoms. The molecular formula is C15H18FNO2S. The second-order valence-electron chi connectivity index (χ2n) is 5.02. The highest BCUT2D eigenvalue weighted by molar-refractivity contribution is 7.21. The maximum absolute atomic E-state index is 13.2. The van der Waals surface area contributed by atoms with Crippen LogP contribution in [0.15, 0.2) is 18.2 Å². The van der Waals surface area contributed by atoms with Gasteiger partial charge in [-0.3, -0.25) is 4.79 Å². The number of aliphatic hydroxyl groups excluding tert-OH is 1. The highest BCUT2D eigenvalue weighted by Crippen LogP contribution is 2.31. The Balaban J connectivity index is 2.16. The Hall–Kier alpha value is -1.46. The van der Waals surface area contributed by atoms with E-state index in [4.69, 9.17) is 5.11 Å². The van der Waals surface area contributed by atoms with Crippen LogP contribution in [0, 0.1) is 18.7 Å². The second-order valence-corrected chi connectivity index (χ2v) is 6.08. The highest BCUT2D eigenvalue weighted by atomic mass is 32.1. The van der Waals surface area contributed by atoms with E-state index < -0.39 is 0 Å². The second kappa shape index (κ2) is 6.33. The molecule has 0 spiro atoms. The van der Waals surface area contributed by atoms with Gasteiger partial charge in [-0.1, -0.05) is 6.92 Å². The lowest BCUT2D eigenvalue weighted by molar-refractivity contribution is 0.0949. The minimum absolute atomic E-state index is 0.123. The maximum Gasteiger partial charge on any atom is 0.261 e. The summed E-state index contributed by atoms with van der Waals surface area (Å²) in [5.41, 5.74) is 0.816. The first-order chi connectivity index (χ1) is 9.52. The van der Waals surface area contributed by atoms with Gasteiger partial charge in [0, 0.05) is 17.9 Å². The molecule has 1 amide bonds. The molecule has 0 radical (unpaired) electrons. The standard InChI is InChI=1S/C15H18FNO2S/c1-9(5-6-18)8-17-15(19)14-10(2)12-7-11(16)3-4-13(12)20-14/h3-4,7,9,18H,5-6,8H2,1-2H3,(H,17,19). The number of rotatable bonds is 5. The molecule has 2 aromatic rings. The molecule has 0 bridgehead atoms. The van der Waals surface area contributed by atoms with E-state index in [1.54, 1.807) is 6.07 Å². The Bertz CT molecular complexity index is 624. The van der Waals surface area contributed by atoms with Crippen molar-refractivity contribution in [3.63, 3.8) is 0 Å². The molecule has 1 unspecified atom stereocenters. The minimum Gasteiger partial charge on any atom is -0.396 e. The summed E-state index contributed by atoms with van der Waals surface area (Å²) in [6.45, 7) is 4.47. The molecular weight excluding hydrogens is 277 g/mol. The van der Waals surface area contributed by atoms with Gasteiger partial charge in [-0.2, -0.15) is 0 Å². The molecule has 0 aliphatic rings. The van der Waals surface area contributed by atoms with Crippen LogP contribution in [-0.2, 0) is 0 Å². The Morgan fingerprint density at radius 1 is 1.50 bits per heavy atom. The summed E-state index contributed by atoms with van der Waals surface area (Å²) in [6.07, 6.45) is 0.664. The smallest absolute Gasteiger partial charge is 0.261 e. The summed E-state index contributed by atoms with van der Waals surface area (Å²) in [7, 11) is 0. The summed E-state index contributed by atoms with van der Waals surface area (Å²) >= 11 is 1.38. The number of fused-ring (bicyclic) bond motifs is 1. The van der Waals surface area contributed by atoms with Crippen molar-refractivity contribution in [1.29, 1.82) is 0 Å². The molecule has 1 heterocycles. The van der Waals surface area contributed by atoms with Gasteiger partial charge < -0.3 is 10.4 Å². The molecule has 1 aromatic heterocycles. The number of hydrogen-bond donors (Lipinski definition) is 2. The SMILES string of the molecule is Cc1c(C(=O)NCC(C)CCO)sc2ccc(F)cc12. The van der Waals surface area contributed by atoms with Gasteiger partial charge in [0.2, 0.25) is 0 Å². The Morgan fingerprint density at radius 3 is 2.95 bits per heavy atom. The van der Waals surface area contributed by atoms with Gasteiger partial charge >= 0.3 is 0 Å². The number of benzene rings is 1. The van der Waals surface area contributed by atoms with E-state index in [-0.39, 0.29) is 24.2 Å². The predicted octanol–water partition coefficient (Wildman–Crippen LogP) is 3.10. The first kappa shape index (κ1) is 14.9. The quantitative estimate of drug-likeness (QED) is 0.890. The molecule has 2 N–H and O–H groups in total. The van der Waals surface area contributed by atoms with Crippen LogP contribution in [0.5, 0.6) is 0 Å². The fourth-order valence-electron chi connectivity index (χ4n) is 2.08. The van der Waals surface area contributed by atoms with Crippen molar-refractivity contribution in [3.8, 4) is 0 Å². The molecule has 0 aliphatic carbocycles. The number of carbonyl (C=O) groups is 1. The van der Waals surface area contributed by atoms with E-state index in [2.05, 4.69) is 5.32 Å². The van der Waals surface area contributed by atoms with E-state index in [0.29, 0.717) is 17.8 Å². The van der Waals surface area contributed by atoms with Crippen LogP contribution < -0.4 is 5.32 Å². The first-order valence-electron chi connectivity index (χ1n) is 6.60. The normalized spacial score (nSPS) is 12.6. The summed E-state index contributed by atoms with van der Waals surface area (Å²) in [4.78, 5) is 12.8. The van der Waals surface area contributed by atoms with E-state index in [1.807, 2.05) is 13.8 Å². The number of halogens is 1. The van der Waals surface area contributed by atoms with Crippen molar-refractivity contribution < 1.29 is 14.3 Å². The lowest BCUT2D eigenvalue weighted by Gasteiger charge is -2.10. The summed E-state index contributed by atoms with van der Waals surface area (Å²) in [5.74, 6) is -0.188. The van der Waals surface area contributed by atoms with Gasteiger partial charge in [-0.15, -0.1) is 11.3 Å².